The van der Waals surface area contributed by atoms with Crippen molar-refractivity contribution in [3.8, 4) is 6.07 Å². The minimum Gasteiger partial charge on any atom is -0.385 e. The number of nitriles is 1. The lowest BCUT2D eigenvalue weighted by Gasteiger charge is -2.14. The molecule has 1 aromatic rings. The van der Waals surface area contributed by atoms with Crippen LogP contribution >= 0.6 is 11.6 Å². The van der Waals surface area contributed by atoms with E-state index in [-0.39, 0.29) is 11.2 Å². The second-order valence-electron chi connectivity index (χ2n) is 5.04. The van der Waals surface area contributed by atoms with E-state index in [0.717, 1.165) is 25.8 Å². The minimum absolute atomic E-state index is 0.262. The average Bonchev–Trinajstić information content (AvgIpc) is 2.27. The van der Waals surface area contributed by atoms with Gasteiger partial charge in [0, 0.05) is 17.3 Å². The third-order valence-electron chi connectivity index (χ3n) is 2.72. The van der Waals surface area contributed by atoms with Crippen molar-refractivity contribution in [2.45, 2.75) is 33.1 Å². The Morgan fingerprint density at radius 2 is 2.06 bits per heavy atom. The summed E-state index contributed by atoms with van der Waals surface area (Å²) in [5.41, 5.74) is 0.432. The molecule has 0 aliphatic heterocycles. The second kappa shape index (κ2) is 6.61. The molecule has 0 saturated carbocycles. The lowest BCUT2D eigenvalue weighted by atomic mass is 9.89. The Bertz CT molecular complexity index is 418. The summed E-state index contributed by atoms with van der Waals surface area (Å²) in [6, 6.07) is 6.68. The third kappa shape index (κ3) is 5.37. The molecule has 0 heterocycles. The smallest absolute Gasteiger partial charge is 0.126 e. The number of anilines is 1. The van der Waals surface area contributed by atoms with Crippen LogP contribution in [0.4, 0.5) is 10.1 Å². The summed E-state index contributed by atoms with van der Waals surface area (Å²) in [5.74, 6) is -0.337. The van der Waals surface area contributed by atoms with E-state index in [1.54, 1.807) is 6.07 Å². The standard InChI is InChI=1S/C14H18ClFN2/c1-14(2,10-17)5-3-4-6-18-13-8-11(15)7-12(16)9-13/h7-9,18H,3-6H2,1-2H3. The molecule has 1 rings (SSSR count). The van der Waals surface area contributed by atoms with E-state index >= 15 is 0 Å². The van der Waals surface area contributed by atoms with Crippen LogP contribution in [0.2, 0.25) is 5.02 Å². The first-order chi connectivity index (χ1) is 8.43. The normalized spacial score (nSPS) is 11.1. The predicted octanol–water partition coefficient (Wildman–Crippen LogP) is 4.61. The Balaban J connectivity index is 2.28. The highest BCUT2D eigenvalue weighted by molar-refractivity contribution is 6.30. The largest absolute Gasteiger partial charge is 0.385 e. The van der Waals surface area contributed by atoms with Gasteiger partial charge < -0.3 is 5.32 Å². The van der Waals surface area contributed by atoms with E-state index < -0.39 is 0 Å². The lowest BCUT2D eigenvalue weighted by Crippen LogP contribution is -2.09. The first kappa shape index (κ1) is 14.8. The van der Waals surface area contributed by atoms with Crippen molar-refractivity contribution in [3.05, 3.63) is 29.0 Å². The number of rotatable bonds is 6. The molecule has 0 bridgehead atoms. The summed E-state index contributed by atoms with van der Waals surface area (Å²) in [6.45, 7) is 4.63. The molecule has 0 aromatic heterocycles. The Labute approximate surface area is 113 Å². The fraction of sp³-hybridized carbons (Fsp3) is 0.500. The molecule has 1 N–H and O–H groups in total. The van der Waals surface area contributed by atoms with Gasteiger partial charge in [0.25, 0.3) is 0 Å². The molecule has 0 amide bonds. The molecule has 0 radical (unpaired) electrons. The Kier molecular flexibility index (Phi) is 5.43. The molecule has 0 saturated heterocycles. The molecule has 0 aliphatic rings. The zero-order valence-corrected chi connectivity index (χ0v) is 11.5. The summed E-state index contributed by atoms with van der Waals surface area (Å²) in [6.07, 6.45) is 2.78. The number of nitrogens with zero attached hydrogens (tertiary/aromatic N) is 1. The lowest BCUT2D eigenvalue weighted by molar-refractivity contribution is 0.430. The number of halogens is 2. The Hall–Kier alpha value is -1.27. The molecular weight excluding hydrogens is 251 g/mol. The zero-order chi connectivity index (χ0) is 13.6. The summed E-state index contributed by atoms with van der Waals surface area (Å²) >= 11 is 5.75. The molecular formula is C14H18ClFN2. The van der Waals surface area contributed by atoms with E-state index in [0.29, 0.717) is 10.7 Å². The number of hydrogen-bond donors (Lipinski definition) is 1. The van der Waals surface area contributed by atoms with Crippen LogP contribution in [0.25, 0.3) is 0 Å². The maximum absolute atomic E-state index is 13.0. The van der Waals surface area contributed by atoms with Crippen molar-refractivity contribution < 1.29 is 4.39 Å². The van der Waals surface area contributed by atoms with Gasteiger partial charge in [-0.15, -0.1) is 0 Å². The van der Waals surface area contributed by atoms with E-state index in [2.05, 4.69) is 11.4 Å². The van der Waals surface area contributed by atoms with Gasteiger partial charge in [-0.25, -0.2) is 4.39 Å². The van der Waals surface area contributed by atoms with Gasteiger partial charge in [-0.2, -0.15) is 5.26 Å². The molecule has 0 unspecified atom stereocenters. The molecule has 0 spiro atoms. The van der Waals surface area contributed by atoms with Gasteiger partial charge in [0.1, 0.15) is 5.82 Å². The van der Waals surface area contributed by atoms with E-state index in [1.807, 2.05) is 13.8 Å². The van der Waals surface area contributed by atoms with Gasteiger partial charge in [0.05, 0.1) is 11.5 Å². The summed E-state index contributed by atoms with van der Waals surface area (Å²) in [4.78, 5) is 0. The first-order valence-electron chi connectivity index (χ1n) is 6.04. The number of nitrogens with one attached hydrogen (secondary N) is 1. The van der Waals surface area contributed by atoms with Gasteiger partial charge in [-0.3, -0.25) is 0 Å². The SMILES string of the molecule is CC(C)(C#N)CCCCNc1cc(F)cc(Cl)c1. The van der Waals surface area contributed by atoms with E-state index in [1.165, 1.54) is 12.1 Å². The van der Waals surface area contributed by atoms with Crippen molar-refractivity contribution in [2.75, 3.05) is 11.9 Å². The topological polar surface area (TPSA) is 35.8 Å². The molecule has 0 aliphatic carbocycles. The minimum atomic E-state index is -0.337. The summed E-state index contributed by atoms with van der Waals surface area (Å²) in [5, 5.41) is 12.4. The predicted molar refractivity (Wildman–Crippen MR) is 73.1 cm³/mol. The van der Waals surface area contributed by atoms with Gasteiger partial charge in [0.2, 0.25) is 0 Å². The Morgan fingerprint density at radius 1 is 1.33 bits per heavy atom. The van der Waals surface area contributed by atoms with Crippen molar-refractivity contribution in [2.24, 2.45) is 5.41 Å². The van der Waals surface area contributed by atoms with Crippen LogP contribution in [-0.2, 0) is 0 Å². The Morgan fingerprint density at radius 3 is 2.67 bits per heavy atom. The molecule has 0 atom stereocenters. The van der Waals surface area contributed by atoms with Crippen LogP contribution in [0.5, 0.6) is 0 Å². The second-order valence-corrected chi connectivity index (χ2v) is 5.47. The van der Waals surface area contributed by atoms with Crippen LogP contribution in [0.1, 0.15) is 33.1 Å². The molecule has 0 fully saturated rings. The van der Waals surface area contributed by atoms with E-state index in [4.69, 9.17) is 16.9 Å². The van der Waals surface area contributed by atoms with Gasteiger partial charge >= 0.3 is 0 Å². The van der Waals surface area contributed by atoms with Crippen LogP contribution in [-0.4, -0.2) is 6.54 Å². The van der Waals surface area contributed by atoms with E-state index in [9.17, 15) is 4.39 Å². The van der Waals surface area contributed by atoms with Crippen molar-refractivity contribution in [1.29, 1.82) is 5.26 Å². The molecule has 18 heavy (non-hydrogen) atoms. The number of hydrogen-bond acceptors (Lipinski definition) is 2. The highest BCUT2D eigenvalue weighted by atomic mass is 35.5. The fourth-order valence-corrected chi connectivity index (χ4v) is 1.86. The highest BCUT2D eigenvalue weighted by Crippen LogP contribution is 2.22. The van der Waals surface area contributed by atoms with Gasteiger partial charge in [-0.05, 0) is 44.9 Å². The van der Waals surface area contributed by atoms with Crippen LogP contribution in [0.15, 0.2) is 18.2 Å². The molecule has 2 nitrogen and oxygen atoms in total. The summed E-state index contributed by atoms with van der Waals surface area (Å²) in [7, 11) is 0. The van der Waals surface area contributed by atoms with Crippen molar-refractivity contribution in [3.63, 3.8) is 0 Å². The van der Waals surface area contributed by atoms with Crippen molar-refractivity contribution in [1.82, 2.24) is 0 Å². The quantitative estimate of drug-likeness (QED) is 0.765. The molecule has 98 valence electrons. The van der Waals surface area contributed by atoms with Crippen LogP contribution in [0.3, 0.4) is 0 Å². The average molecular weight is 269 g/mol. The number of benzene rings is 1. The first-order valence-corrected chi connectivity index (χ1v) is 6.42. The third-order valence-corrected chi connectivity index (χ3v) is 2.94. The number of unbranched alkanes of at least 4 members (excludes halogenated alkanes) is 1. The molecule has 4 heteroatoms. The zero-order valence-electron chi connectivity index (χ0n) is 10.8. The molecule has 1 aromatic carbocycles. The van der Waals surface area contributed by atoms with Crippen LogP contribution in [0, 0.1) is 22.6 Å². The van der Waals surface area contributed by atoms with Crippen LogP contribution < -0.4 is 5.32 Å². The van der Waals surface area contributed by atoms with Gasteiger partial charge in [-0.1, -0.05) is 18.0 Å². The monoisotopic (exact) mass is 268 g/mol. The van der Waals surface area contributed by atoms with Gasteiger partial charge in [0.15, 0.2) is 0 Å². The highest BCUT2D eigenvalue weighted by Gasteiger charge is 2.15. The summed E-state index contributed by atoms with van der Waals surface area (Å²) < 4.78 is 13.0. The maximum atomic E-state index is 13.0. The fourth-order valence-electron chi connectivity index (χ4n) is 1.64. The van der Waals surface area contributed by atoms with Crippen molar-refractivity contribution >= 4 is 17.3 Å². The maximum Gasteiger partial charge on any atom is 0.126 e.